The van der Waals surface area contributed by atoms with Gasteiger partial charge in [0.15, 0.2) is 0 Å². The van der Waals surface area contributed by atoms with Gasteiger partial charge in [-0.3, -0.25) is 4.98 Å². The summed E-state index contributed by atoms with van der Waals surface area (Å²) in [6.07, 6.45) is 7.74. The third-order valence-electron chi connectivity index (χ3n) is 3.19. The van der Waals surface area contributed by atoms with Crippen LogP contribution in [-0.4, -0.2) is 14.4 Å². The van der Waals surface area contributed by atoms with Gasteiger partial charge in [0.25, 0.3) is 0 Å². The second kappa shape index (κ2) is 5.20. The van der Waals surface area contributed by atoms with Gasteiger partial charge in [0, 0.05) is 37.4 Å². The lowest BCUT2D eigenvalue weighted by Crippen LogP contribution is -2.18. The Morgan fingerprint density at radius 2 is 2.21 bits per heavy atom. The minimum absolute atomic E-state index is 0.263. The van der Waals surface area contributed by atoms with E-state index in [1.807, 2.05) is 41.1 Å². The summed E-state index contributed by atoms with van der Waals surface area (Å²) in [5.41, 5.74) is 3.21. The molecule has 3 aromatic heterocycles. The third-order valence-corrected chi connectivity index (χ3v) is 3.19. The summed E-state index contributed by atoms with van der Waals surface area (Å²) in [6, 6.07) is 10.3. The minimum Gasteiger partial charge on any atom is -0.307 e. The Labute approximate surface area is 112 Å². The molecule has 96 valence electrons. The second-order valence-electron chi connectivity index (χ2n) is 4.59. The van der Waals surface area contributed by atoms with E-state index in [-0.39, 0.29) is 6.04 Å². The molecule has 3 heterocycles. The molecular weight excluding hydrogens is 236 g/mol. The van der Waals surface area contributed by atoms with E-state index in [4.69, 9.17) is 0 Å². The molecule has 0 radical (unpaired) electrons. The Balaban J connectivity index is 1.69. The highest BCUT2D eigenvalue weighted by atomic mass is 15.0. The average molecular weight is 252 g/mol. The number of nitrogens with zero attached hydrogens (tertiary/aromatic N) is 3. The SMILES string of the molecule is C[C@H](NCc1cn2ccccc2n1)c1cccnc1. The summed E-state index contributed by atoms with van der Waals surface area (Å²) in [4.78, 5) is 8.70. The van der Waals surface area contributed by atoms with Crippen LogP contribution in [0.4, 0.5) is 0 Å². The molecule has 19 heavy (non-hydrogen) atoms. The molecule has 0 unspecified atom stereocenters. The van der Waals surface area contributed by atoms with E-state index in [1.165, 1.54) is 5.56 Å². The number of nitrogens with one attached hydrogen (secondary N) is 1. The normalized spacial score (nSPS) is 12.7. The van der Waals surface area contributed by atoms with Crippen LogP contribution in [0.1, 0.15) is 24.2 Å². The van der Waals surface area contributed by atoms with Gasteiger partial charge in [0.2, 0.25) is 0 Å². The van der Waals surface area contributed by atoms with Gasteiger partial charge in [-0.15, -0.1) is 0 Å². The summed E-state index contributed by atoms with van der Waals surface area (Å²) in [5, 5.41) is 3.46. The fourth-order valence-corrected chi connectivity index (χ4v) is 2.08. The van der Waals surface area contributed by atoms with Crippen molar-refractivity contribution in [3.8, 4) is 0 Å². The minimum atomic E-state index is 0.263. The van der Waals surface area contributed by atoms with Gasteiger partial charge < -0.3 is 9.72 Å². The van der Waals surface area contributed by atoms with Crippen LogP contribution in [0.25, 0.3) is 5.65 Å². The largest absolute Gasteiger partial charge is 0.307 e. The van der Waals surface area contributed by atoms with Crippen molar-refractivity contribution in [1.82, 2.24) is 19.7 Å². The zero-order chi connectivity index (χ0) is 13.1. The molecular formula is C15H16N4. The fraction of sp³-hybridized carbons (Fsp3) is 0.200. The molecule has 0 saturated heterocycles. The standard InChI is InChI=1S/C15H16N4/c1-12(13-5-4-7-16-9-13)17-10-14-11-19-8-3-2-6-15(19)18-14/h2-9,11-12,17H,10H2,1H3/t12-/m0/s1. The van der Waals surface area contributed by atoms with Crippen molar-refractivity contribution < 1.29 is 0 Å². The molecule has 0 fully saturated rings. The Kier molecular flexibility index (Phi) is 3.25. The molecule has 0 aliphatic carbocycles. The summed E-state index contributed by atoms with van der Waals surface area (Å²) in [7, 11) is 0. The lowest BCUT2D eigenvalue weighted by molar-refractivity contribution is 0.567. The lowest BCUT2D eigenvalue weighted by Gasteiger charge is -2.12. The predicted octanol–water partition coefficient (Wildman–Crippen LogP) is 2.58. The van der Waals surface area contributed by atoms with Crippen molar-refractivity contribution in [2.24, 2.45) is 0 Å². The van der Waals surface area contributed by atoms with E-state index < -0.39 is 0 Å². The van der Waals surface area contributed by atoms with Gasteiger partial charge in [-0.25, -0.2) is 4.98 Å². The number of pyridine rings is 2. The second-order valence-corrected chi connectivity index (χ2v) is 4.59. The van der Waals surface area contributed by atoms with Crippen LogP contribution in [0.15, 0.2) is 55.1 Å². The van der Waals surface area contributed by atoms with E-state index in [1.54, 1.807) is 6.20 Å². The van der Waals surface area contributed by atoms with Gasteiger partial charge in [-0.05, 0) is 30.7 Å². The summed E-state index contributed by atoms with van der Waals surface area (Å²) < 4.78 is 2.03. The van der Waals surface area contributed by atoms with Crippen LogP contribution in [0, 0.1) is 0 Å². The fourth-order valence-electron chi connectivity index (χ4n) is 2.08. The third kappa shape index (κ3) is 2.63. The molecule has 0 aliphatic heterocycles. The Morgan fingerprint density at radius 3 is 3.00 bits per heavy atom. The van der Waals surface area contributed by atoms with Crippen molar-refractivity contribution in [2.75, 3.05) is 0 Å². The van der Waals surface area contributed by atoms with Gasteiger partial charge in [-0.1, -0.05) is 12.1 Å². The first-order valence-electron chi connectivity index (χ1n) is 6.39. The maximum absolute atomic E-state index is 4.56. The zero-order valence-electron chi connectivity index (χ0n) is 10.8. The van der Waals surface area contributed by atoms with Crippen LogP contribution in [-0.2, 0) is 6.54 Å². The summed E-state index contributed by atoms with van der Waals surface area (Å²) >= 11 is 0. The van der Waals surface area contributed by atoms with Crippen molar-refractivity contribution in [2.45, 2.75) is 19.5 Å². The highest BCUT2D eigenvalue weighted by Crippen LogP contribution is 2.11. The summed E-state index contributed by atoms with van der Waals surface area (Å²) in [6.45, 7) is 2.88. The molecule has 0 aliphatic rings. The van der Waals surface area contributed by atoms with Crippen molar-refractivity contribution in [3.05, 3.63) is 66.4 Å². The van der Waals surface area contributed by atoms with Crippen molar-refractivity contribution >= 4 is 5.65 Å². The van der Waals surface area contributed by atoms with Crippen LogP contribution in [0.2, 0.25) is 0 Å². The van der Waals surface area contributed by atoms with Gasteiger partial charge >= 0.3 is 0 Å². The molecule has 4 nitrogen and oxygen atoms in total. The Morgan fingerprint density at radius 1 is 1.26 bits per heavy atom. The number of hydrogen-bond acceptors (Lipinski definition) is 3. The molecule has 3 rings (SSSR count). The molecule has 1 N–H and O–H groups in total. The first kappa shape index (κ1) is 11.9. The Bertz CT molecular complexity index is 627. The number of hydrogen-bond donors (Lipinski definition) is 1. The number of aromatic nitrogens is 3. The van der Waals surface area contributed by atoms with E-state index >= 15 is 0 Å². The molecule has 4 heteroatoms. The average Bonchev–Trinajstić information content (AvgIpc) is 2.88. The number of fused-ring (bicyclic) bond motifs is 1. The van der Waals surface area contributed by atoms with Gasteiger partial charge in [0.1, 0.15) is 5.65 Å². The molecule has 0 saturated carbocycles. The summed E-state index contributed by atoms with van der Waals surface area (Å²) in [5.74, 6) is 0. The Hall–Kier alpha value is -2.20. The predicted molar refractivity (Wildman–Crippen MR) is 74.7 cm³/mol. The highest BCUT2D eigenvalue weighted by molar-refractivity contribution is 5.39. The molecule has 0 amide bonds. The monoisotopic (exact) mass is 252 g/mol. The molecule has 3 aromatic rings. The molecule has 0 spiro atoms. The van der Waals surface area contributed by atoms with Gasteiger partial charge in [0.05, 0.1) is 5.69 Å². The highest BCUT2D eigenvalue weighted by Gasteiger charge is 2.06. The van der Waals surface area contributed by atoms with E-state index in [9.17, 15) is 0 Å². The maximum atomic E-state index is 4.56. The first-order valence-corrected chi connectivity index (χ1v) is 6.39. The first-order chi connectivity index (χ1) is 9.33. The number of rotatable bonds is 4. The van der Waals surface area contributed by atoms with Crippen LogP contribution in [0.5, 0.6) is 0 Å². The van der Waals surface area contributed by atoms with Gasteiger partial charge in [-0.2, -0.15) is 0 Å². The maximum Gasteiger partial charge on any atom is 0.137 e. The van der Waals surface area contributed by atoms with Crippen LogP contribution in [0.3, 0.4) is 0 Å². The molecule has 0 bridgehead atoms. The number of imidazole rings is 1. The van der Waals surface area contributed by atoms with E-state index in [0.29, 0.717) is 0 Å². The van der Waals surface area contributed by atoms with E-state index in [2.05, 4.69) is 34.5 Å². The lowest BCUT2D eigenvalue weighted by atomic mass is 10.1. The smallest absolute Gasteiger partial charge is 0.137 e. The molecule has 0 aromatic carbocycles. The van der Waals surface area contributed by atoms with Crippen LogP contribution < -0.4 is 5.32 Å². The van der Waals surface area contributed by atoms with Crippen molar-refractivity contribution in [1.29, 1.82) is 0 Å². The zero-order valence-corrected chi connectivity index (χ0v) is 10.8. The topological polar surface area (TPSA) is 42.2 Å². The van der Waals surface area contributed by atoms with E-state index in [0.717, 1.165) is 17.9 Å². The quantitative estimate of drug-likeness (QED) is 0.776. The molecule has 1 atom stereocenters. The van der Waals surface area contributed by atoms with Crippen molar-refractivity contribution in [3.63, 3.8) is 0 Å². The van der Waals surface area contributed by atoms with Crippen LogP contribution >= 0.6 is 0 Å².